The molecule has 1 heterocycles. The summed E-state index contributed by atoms with van der Waals surface area (Å²) in [5, 5.41) is 3.11. The molecule has 1 aromatic heterocycles. The lowest BCUT2D eigenvalue weighted by molar-refractivity contribution is 1.11. The number of benzene rings is 1. The molecule has 1 N–H and O–H groups in total. The Labute approximate surface area is 89.2 Å². The highest BCUT2D eigenvalue weighted by Crippen LogP contribution is 2.20. The predicted octanol–water partition coefficient (Wildman–Crippen LogP) is 2.49. The summed E-state index contributed by atoms with van der Waals surface area (Å²) in [6, 6.07) is 10.1. The predicted molar refractivity (Wildman–Crippen MR) is 61.8 cm³/mol. The Hall–Kier alpha value is -1.90. The van der Waals surface area contributed by atoms with Gasteiger partial charge in [0.25, 0.3) is 0 Å². The third-order valence-electron chi connectivity index (χ3n) is 2.25. The lowest BCUT2D eigenvalue weighted by Crippen LogP contribution is -1.90. The molecule has 0 spiro atoms. The van der Waals surface area contributed by atoms with Gasteiger partial charge in [-0.25, -0.2) is 9.97 Å². The minimum absolute atomic E-state index is 0.958. The molecule has 0 atom stereocenters. The number of hydrogen-bond acceptors (Lipinski definition) is 3. The van der Waals surface area contributed by atoms with Crippen molar-refractivity contribution < 1.29 is 0 Å². The topological polar surface area (TPSA) is 37.8 Å². The summed E-state index contributed by atoms with van der Waals surface area (Å²) in [4.78, 5) is 8.33. The molecule has 2 rings (SSSR count). The van der Waals surface area contributed by atoms with Crippen LogP contribution in [-0.4, -0.2) is 17.0 Å². The minimum Gasteiger partial charge on any atom is -0.388 e. The summed E-state index contributed by atoms with van der Waals surface area (Å²) in [7, 11) is 1.91. The van der Waals surface area contributed by atoms with E-state index in [1.165, 1.54) is 0 Å². The van der Waals surface area contributed by atoms with Gasteiger partial charge in [-0.3, -0.25) is 0 Å². The van der Waals surface area contributed by atoms with Crippen molar-refractivity contribution in [3.8, 4) is 11.3 Å². The Kier molecular flexibility index (Phi) is 2.63. The van der Waals surface area contributed by atoms with Crippen molar-refractivity contribution in [2.75, 3.05) is 12.4 Å². The van der Waals surface area contributed by atoms with Crippen molar-refractivity contribution >= 4 is 5.69 Å². The molecule has 0 radical (unpaired) electrons. The van der Waals surface area contributed by atoms with Gasteiger partial charge in [-0.15, -0.1) is 0 Å². The van der Waals surface area contributed by atoms with Crippen LogP contribution in [0.5, 0.6) is 0 Å². The summed E-state index contributed by atoms with van der Waals surface area (Å²) in [6.07, 6.45) is 1.59. The van der Waals surface area contributed by atoms with Crippen LogP contribution < -0.4 is 5.32 Å². The van der Waals surface area contributed by atoms with Gasteiger partial charge in [-0.05, 0) is 25.1 Å². The second-order valence-electron chi connectivity index (χ2n) is 3.38. The fourth-order valence-corrected chi connectivity index (χ4v) is 1.45. The van der Waals surface area contributed by atoms with E-state index < -0.39 is 0 Å². The van der Waals surface area contributed by atoms with E-state index in [0.717, 1.165) is 22.6 Å². The first-order valence-electron chi connectivity index (χ1n) is 4.86. The third kappa shape index (κ3) is 2.13. The van der Waals surface area contributed by atoms with Crippen molar-refractivity contribution in [1.82, 2.24) is 9.97 Å². The van der Waals surface area contributed by atoms with Crippen molar-refractivity contribution in [3.05, 3.63) is 42.4 Å². The normalized spacial score (nSPS) is 10.0. The van der Waals surface area contributed by atoms with Crippen molar-refractivity contribution in [2.24, 2.45) is 0 Å². The van der Waals surface area contributed by atoms with Crippen LogP contribution >= 0.6 is 0 Å². The summed E-state index contributed by atoms with van der Waals surface area (Å²) in [6.45, 7) is 1.97. The van der Waals surface area contributed by atoms with Gasteiger partial charge in [0, 0.05) is 24.0 Å². The maximum absolute atomic E-state index is 4.25. The smallest absolute Gasteiger partial charge is 0.116 e. The molecule has 1 aromatic carbocycles. The van der Waals surface area contributed by atoms with Crippen LogP contribution in [0, 0.1) is 6.92 Å². The van der Waals surface area contributed by atoms with E-state index in [1.807, 2.05) is 38.2 Å². The van der Waals surface area contributed by atoms with Gasteiger partial charge in [0.2, 0.25) is 0 Å². The molecule has 0 fully saturated rings. The van der Waals surface area contributed by atoms with E-state index in [9.17, 15) is 0 Å². The van der Waals surface area contributed by atoms with Crippen LogP contribution in [0.4, 0.5) is 5.69 Å². The highest BCUT2D eigenvalue weighted by atomic mass is 14.8. The van der Waals surface area contributed by atoms with Crippen LogP contribution in [0.25, 0.3) is 11.3 Å². The van der Waals surface area contributed by atoms with Crippen molar-refractivity contribution in [1.29, 1.82) is 0 Å². The second-order valence-corrected chi connectivity index (χ2v) is 3.38. The van der Waals surface area contributed by atoms with E-state index in [2.05, 4.69) is 21.4 Å². The van der Waals surface area contributed by atoms with E-state index in [-0.39, 0.29) is 0 Å². The molecule has 0 amide bonds. The third-order valence-corrected chi connectivity index (χ3v) is 2.25. The van der Waals surface area contributed by atoms with Gasteiger partial charge < -0.3 is 5.32 Å². The standard InChI is InChI=1S/C12H13N3/c1-9-6-12(15-8-14-9)10-4-3-5-11(7-10)13-2/h3-8,13H,1-2H3. The Balaban J connectivity index is 2.44. The van der Waals surface area contributed by atoms with Gasteiger partial charge in [0.15, 0.2) is 0 Å². The molecule has 0 aliphatic rings. The molecule has 3 heteroatoms. The second kappa shape index (κ2) is 4.09. The average Bonchev–Trinajstić information content (AvgIpc) is 2.29. The van der Waals surface area contributed by atoms with Crippen LogP contribution in [-0.2, 0) is 0 Å². The Morgan fingerprint density at radius 2 is 2.00 bits per heavy atom. The van der Waals surface area contributed by atoms with Gasteiger partial charge in [-0.2, -0.15) is 0 Å². The van der Waals surface area contributed by atoms with Gasteiger partial charge in [0.05, 0.1) is 5.69 Å². The van der Waals surface area contributed by atoms with Crippen LogP contribution in [0.15, 0.2) is 36.7 Å². The molecule has 0 aliphatic carbocycles. The van der Waals surface area contributed by atoms with E-state index in [4.69, 9.17) is 0 Å². The molecule has 76 valence electrons. The summed E-state index contributed by atoms with van der Waals surface area (Å²) < 4.78 is 0. The van der Waals surface area contributed by atoms with Crippen molar-refractivity contribution in [2.45, 2.75) is 6.92 Å². The zero-order valence-electron chi connectivity index (χ0n) is 8.86. The first-order valence-corrected chi connectivity index (χ1v) is 4.86. The first kappa shape index (κ1) is 9.65. The molecular formula is C12H13N3. The molecule has 0 saturated carbocycles. The largest absolute Gasteiger partial charge is 0.388 e. The molecule has 0 aliphatic heterocycles. The van der Waals surface area contributed by atoms with Crippen molar-refractivity contribution in [3.63, 3.8) is 0 Å². The van der Waals surface area contributed by atoms with E-state index in [0.29, 0.717) is 0 Å². The van der Waals surface area contributed by atoms with Crippen LogP contribution in [0.3, 0.4) is 0 Å². The Morgan fingerprint density at radius 1 is 1.13 bits per heavy atom. The van der Waals surface area contributed by atoms with Gasteiger partial charge in [-0.1, -0.05) is 12.1 Å². The number of nitrogens with zero attached hydrogens (tertiary/aromatic N) is 2. The number of rotatable bonds is 2. The number of nitrogens with one attached hydrogen (secondary N) is 1. The zero-order valence-corrected chi connectivity index (χ0v) is 8.86. The molecular weight excluding hydrogens is 186 g/mol. The maximum atomic E-state index is 4.25. The Morgan fingerprint density at radius 3 is 2.73 bits per heavy atom. The average molecular weight is 199 g/mol. The zero-order chi connectivity index (χ0) is 10.7. The molecule has 15 heavy (non-hydrogen) atoms. The maximum Gasteiger partial charge on any atom is 0.116 e. The number of aryl methyl sites for hydroxylation is 1. The molecule has 3 nitrogen and oxygen atoms in total. The van der Waals surface area contributed by atoms with Gasteiger partial charge >= 0.3 is 0 Å². The lowest BCUT2D eigenvalue weighted by atomic mass is 10.1. The molecule has 0 unspecified atom stereocenters. The minimum atomic E-state index is 0.958. The fraction of sp³-hybridized carbons (Fsp3) is 0.167. The number of anilines is 1. The first-order chi connectivity index (χ1) is 7.29. The molecule has 0 bridgehead atoms. The molecule has 2 aromatic rings. The van der Waals surface area contributed by atoms with E-state index in [1.54, 1.807) is 6.33 Å². The highest BCUT2D eigenvalue weighted by molar-refractivity contribution is 5.64. The van der Waals surface area contributed by atoms with Crippen LogP contribution in [0.1, 0.15) is 5.69 Å². The summed E-state index contributed by atoms with van der Waals surface area (Å²) in [5.41, 5.74) is 4.13. The fourth-order valence-electron chi connectivity index (χ4n) is 1.45. The van der Waals surface area contributed by atoms with Gasteiger partial charge in [0.1, 0.15) is 6.33 Å². The SMILES string of the molecule is CNc1cccc(-c2cc(C)ncn2)c1. The van der Waals surface area contributed by atoms with Crippen LogP contribution in [0.2, 0.25) is 0 Å². The lowest BCUT2D eigenvalue weighted by Gasteiger charge is -2.04. The molecule has 0 saturated heterocycles. The monoisotopic (exact) mass is 199 g/mol. The quantitative estimate of drug-likeness (QED) is 0.807. The highest BCUT2D eigenvalue weighted by Gasteiger charge is 2.00. The Bertz CT molecular complexity index is 466. The number of hydrogen-bond donors (Lipinski definition) is 1. The summed E-state index contributed by atoms with van der Waals surface area (Å²) >= 11 is 0. The number of aromatic nitrogens is 2. The van der Waals surface area contributed by atoms with E-state index >= 15 is 0 Å². The summed E-state index contributed by atoms with van der Waals surface area (Å²) in [5.74, 6) is 0.